The maximum atomic E-state index is 11.2. The number of amides is 1. The van der Waals surface area contributed by atoms with Crippen LogP contribution >= 0.6 is 11.3 Å². The first-order valence-electron chi connectivity index (χ1n) is 6.90. The molecule has 3 N–H and O–H groups in total. The second kappa shape index (κ2) is 5.83. The van der Waals surface area contributed by atoms with E-state index in [2.05, 4.69) is 4.98 Å². The van der Waals surface area contributed by atoms with Gasteiger partial charge in [0.1, 0.15) is 5.01 Å². The molecule has 6 heteroatoms. The van der Waals surface area contributed by atoms with Crippen molar-refractivity contribution in [2.45, 2.75) is 24.9 Å². The maximum absolute atomic E-state index is 11.2. The molecule has 110 valence electrons. The van der Waals surface area contributed by atoms with Crippen molar-refractivity contribution < 1.29 is 9.90 Å². The molecule has 0 aliphatic carbocycles. The van der Waals surface area contributed by atoms with Crippen LogP contribution in [0.25, 0.3) is 10.6 Å². The van der Waals surface area contributed by atoms with E-state index in [0.29, 0.717) is 19.4 Å². The molecule has 3 rings (SSSR count). The van der Waals surface area contributed by atoms with E-state index < -0.39 is 6.09 Å². The number of likely N-dealkylation sites (tertiary alicyclic amines) is 1. The molecule has 0 radical (unpaired) electrons. The predicted octanol–water partition coefficient (Wildman–Crippen LogP) is 2.43. The molecule has 0 spiro atoms. The number of aromatic nitrogens is 1. The number of thiazole rings is 1. The summed E-state index contributed by atoms with van der Waals surface area (Å²) in [6, 6.07) is 9.70. The van der Waals surface area contributed by atoms with Gasteiger partial charge in [-0.1, -0.05) is 30.3 Å². The van der Waals surface area contributed by atoms with Crippen molar-refractivity contribution in [3.05, 3.63) is 41.4 Å². The molecule has 1 aromatic carbocycles. The second-order valence-electron chi connectivity index (χ2n) is 5.21. The number of nitrogens with two attached hydrogens (primary N) is 1. The van der Waals surface area contributed by atoms with Crippen molar-refractivity contribution in [2.75, 3.05) is 6.54 Å². The molecular weight excluding hydrogens is 286 g/mol. The van der Waals surface area contributed by atoms with Crippen LogP contribution in [0, 0.1) is 0 Å². The number of hydrogen-bond acceptors (Lipinski definition) is 4. The summed E-state index contributed by atoms with van der Waals surface area (Å²) >= 11 is 1.58. The van der Waals surface area contributed by atoms with Gasteiger partial charge in [0.2, 0.25) is 0 Å². The van der Waals surface area contributed by atoms with E-state index in [1.54, 1.807) is 11.3 Å². The first-order valence-corrected chi connectivity index (χ1v) is 7.78. The molecule has 21 heavy (non-hydrogen) atoms. The third-order valence-corrected chi connectivity index (χ3v) is 4.77. The number of carbonyl (C=O) groups is 1. The van der Waals surface area contributed by atoms with Gasteiger partial charge in [-0.3, -0.25) is 0 Å². The van der Waals surface area contributed by atoms with Crippen LogP contribution in [0.1, 0.15) is 12.1 Å². The third kappa shape index (κ3) is 2.91. The molecule has 1 aliphatic heterocycles. The molecule has 1 saturated heterocycles. The summed E-state index contributed by atoms with van der Waals surface area (Å²) in [5, 5.41) is 12.2. The normalized spacial score (nSPS) is 21.7. The summed E-state index contributed by atoms with van der Waals surface area (Å²) in [7, 11) is 0. The van der Waals surface area contributed by atoms with E-state index in [1.807, 2.05) is 35.7 Å². The topological polar surface area (TPSA) is 79.5 Å². The van der Waals surface area contributed by atoms with E-state index in [4.69, 9.17) is 5.73 Å². The number of nitrogens with zero attached hydrogens (tertiary/aromatic N) is 2. The van der Waals surface area contributed by atoms with E-state index in [-0.39, 0.29) is 12.1 Å². The Morgan fingerprint density at radius 1 is 1.43 bits per heavy atom. The number of hydrogen-bond donors (Lipinski definition) is 2. The highest BCUT2D eigenvalue weighted by Gasteiger charge is 2.35. The van der Waals surface area contributed by atoms with Gasteiger partial charge in [-0.25, -0.2) is 9.78 Å². The molecule has 5 nitrogen and oxygen atoms in total. The Bertz CT molecular complexity index is 629. The Hall–Kier alpha value is -1.92. The smallest absolute Gasteiger partial charge is 0.407 e. The minimum absolute atomic E-state index is 0.108. The number of carboxylic acid groups (broad SMARTS) is 1. The third-order valence-electron chi connectivity index (χ3n) is 3.83. The zero-order valence-corrected chi connectivity index (χ0v) is 12.3. The predicted molar refractivity (Wildman–Crippen MR) is 82.4 cm³/mol. The molecule has 0 bridgehead atoms. The fraction of sp³-hybridized carbons (Fsp3) is 0.333. The molecular formula is C15H17N3O2S. The Kier molecular flexibility index (Phi) is 3.90. The molecule has 1 aliphatic rings. The molecule has 2 heterocycles. The number of rotatable bonds is 3. The molecule has 2 aromatic rings. The fourth-order valence-corrected chi connectivity index (χ4v) is 3.54. The standard InChI is InChI=1S/C15H17N3O2S/c16-12-6-7-18(15(19)20)13(12)8-11-9-21-14(17-11)10-4-2-1-3-5-10/h1-5,9,12-13H,6-8,16H2,(H,19,20). The van der Waals surface area contributed by atoms with Gasteiger partial charge < -0.3 is 15.7 Å². The highest BCUT2D eigenvalue weighted by atomic mass is 32.1. The summed E-state index contributed by atoms with van der Waals surface area (Å²) in [6.45, 7) is 0.511. The Morgan fingerprint density at radius 2 is 2.19 bits per heavy atom. The van der Waals surface area contributed by atoms with Gasteiger partial charge in [0.25, 0.3) is 0 Å². The Morgan fingerprint density at radius 3 is 2.90 bits per heavy atom. The van der Waals surface area contributed by atoms with Crippen molar-refractivity contribution in [3.63, 3.8) is 0 Å². The highest BCUT2D eigenvalue weighted by Crippen LogP contribution is 2.26. The highest BCUT2D eigenvalue weighted by molar-refractivity contribution is 7.13. The molecule has 2 unspecified atom stereocenters. The second-order valence-corrected chi connectivity index (χ2v) is 6.07. The quantitative estimate of drug-likeness (QED) is 0.912. The summed E-state index contributed by atoms with van der Waals surface area (Å²) in [5.74, 6) is 0. The first kappa shape index (κ1) is 14.0. The summed E-state index contributed by atoms with van der Waals surface area (Å²) < 4.78 is 0. The lowest BCUT2D eigenvalue weighted by atomic mass is 10.1. The van der Waals surface area contributed by atoms with E-state index >= 15 is 0 Å². The maximum Gasteiger partial charge on any atom is 0.407 e. The Labute approximate surface area is 127 Å². The van der Waals surface area contributed by atoms with Crippen molar-refractivity contribution in [2.24, 2.45) is 5.73 Å². The molecule has 1 aromatic heterocycles. The van der Waals surface area contributed by atoms with Crippen LogP contribution in [-0.2, 0) is 6.42 Å². The first-order chi connectivity index (χ1) is 10.1. The van der Waals surface area contributed by atoms with Crippen molar-refractivity contribution in [3.8, 4) is 10.6 Å². The van der Waals surface area contributed by atoms with Gasteiger partial charge in [0, 0.05) is 30.0 Å². The average Bonchev–Trinajstić information content (AvgIpc) is 3.08. The van der Waals surface area contributed by atoms with Gasteiger partial charge in [0.15, 0.2) is 0 Å². The van der Waals surface area contributed by atoms with E-state index in [1.165, 1.54) is 4.90 Å². The molecule has 2 atom stereocenters. The average molecular weight is 303 g/mol. The SMILES string of the molecule is NC1CCN(C(=O)O)C1Cc1csc(-c2ccccc2)n1. The lowest BCUT2D eigenvalue weighted by molar-refractivity contribution is 0.138. The van der Waals surface area contributed by atoms with E-state index in [9.17, 15) is 9.90 Å². The summed E-state index contributed by atoms with van der Waals surface area (Å²) in [6.07, 6.45) is 0.398. The van der Waals surface area contributed by atoms with Crippen molar-refractivity contribution in [1.82, 2.24) is 9.88 Å². The van der Waals surface area contributed by atoms with Crippen LogP contribution < -0.4 is 5.73 Å². The summed E-state index contributed by atoms with van der Waals surface area (Å²) in [4.78, 5) is 17.3. The van der Waals surface area contributed by atoms with Crippen LogP contribution in [0.3, 0.4) is 0 Å². The lowest BCUT2D eigenvalue weighted by Crippen LogP contribution is -2.43. The zero-order valence-electron chi connectivity index (χ0n) is 11.5. The number of benzene rings is 1. The van der Waals surface area contributed by atoms with Crippen molar-refractivity contribution >= 4 is 17.4 Å². The zero-order chi connectivity index (χ0) is 14.8. The van der Waals surface area contributed by atoms with Gasteiger partial charge in [0.05, 0.1) is 11.7 Å². The minimum Gasteiger partial charge on any atom is -0.465 e. The van der Waals surface area contributed by atoms with Crippen LogP contribution in [0.5, 0.6) is 0 Å². The Balaban J connectivity index is 1.76. The fourth-order valence-electron chi connectivity index (χ4n) is 2.70. The van der Waals surface area contributed by atoms with Crippen LogP contribution in [-0.4, -0.2) is 39.7 Å². The lowest BCUT2D eigenvalue weighted by Gasteiger charge is -2.23. The van der Waals surface area contributed by atoms with Gasteiger partial charge >= 0.3 is 6.09 Å². The van der Waals surface area contributed by atoms with Crippen LogP contribution in [0.2, 0.25) is 0 Å². The summed E-state index contributed by atoms with van der Waals surface area (Å²) in [5.41, 5.74) is 8.04. The molecule has 1 amide bonds. The minimum atomic E-state index is -0.897. The van der Waals surface area contributed by atoms with Crippen LogP contribution in [0.4, 0.5) is 4.79 Å². The van der Waals surface area contributed by atoms with Gasteiger partial charge in [-0.05, 0) is 6.42 Å². The molecule has 1 fully saturated rings. The molecule has 0 saturated carbocycles. The van der Waals surface area contributed by atoms with Crippen molar-refractivity contribution in [1.29, 1.82) is 0 Å². The monoisotopic (exact) mass is 303 g/mol. The van der Waals surface area contributed by atoms with Gasteiger partial charge in [-0.15, -0.1) is 11.3 Å². The largest absolute Gasteiger partial charge is 0.465 e. The van der Waals surface area contributed by atoms with Gasteiger partial charge in [-0.2, -0.15) is 0 Å². The van der Waals surface area contributed by atoms with Crippen LogP contribution in [0.15, 0.2) is 35.7 Å². The van der Waals surface area contributed by atoms with E-state index in [0.717, 1.165) is 16.3 Å².